The van der Waals surface area contributed by atoms with Crippen LogP contribution in [0.15, 0.2) is 36.4 Å². The SMILES string of the molecule is [C]#Cc1ccc2ccccc2c1C. The zero-order chi connectivity index (χ0) is 9.26. The second-order valence-electron chi connectivity index (χ2n) is 3.08. The Kier molecular flexibility index (Phi) is 1.79. The zero-order valence-electron chi connectivity index (χ0n) is 7.46. The summed E-state index contributed by atoms with van der Waals surface area (Å²) < 4.78 is 0. The van der Waals surface area contributed by atoms with Gasteiger partial charge in [0.25, 0.3) is 0 Å². The second-order valence-corrected chi connectivity index (χ2v) is 3.08. The Morgan fingerprint density at radius 3 is 2.62 bits per heavy atom. The Bertz CT molecular complexity index is 487. The topological polar surface area (TPSA) is 0 Å². The summed E-state index contributed by atoms with van der Waals surface area (Å²) in [5, 5.41) is 2.43. The highest BCUT2D eigenvalue weighted by Gasteiger charge is 1.99. The van der Waals surface area contributed by atoms with Gasteiger partial charge in [-0.1, -0.05) is 36.3 Å². The molecule has 0 aromatic heterocycles. The lowest BCUT2D eigenvalue weighted by Gasteiger charge is -2.03. The van der Waals surface area contributed by atoms with Crippen molar-refractivity contribution in [3.8, 4) is 5.92 Å². The van der Waals surface area contributed by atoms with E-state index in [-0.39, 0.29) is 0 Å². The van der Waals surface area contributed by atoms with E-state index < -0.39 is 0 Å². The Morgan fingerprint density at radius 1 is 1.08 bits per heavy atom. The van der Waals surface area contributed by atoms with Crippen LogP contribution >= 0.6 is 0 Å². The van der Waals surface area contributed by atoms with Gasteiger partial charge in [0, 0.05) is 5.56 Å². The second kappa shape index (κ2) is 2.95. The molecule has 2 rings (SSSR count). The van der Waals surface area contributed by atoms with E-state index in [9.17, 15) is 0 Å². The number of hydrogen-bond donors (Lipinski definition) is 0. The highest BCUT2D eigenvalue weighted by molar-refractivity contribution is 5.87. The van der Waals surface area contributed by atoms with Gasteiger partial charge in [0.15, 0.2) is 0 Å². The first-order valence-corrected chi connectivity index (χ1v) is 4.24. The largest absolute Gasteiger partial charge is 0.0616 e. The van der Waals surface area contributed by atoms with E-state index >= 15 is 0 Å². The summed E-state index contributed by atoms with van der Waals surface area (Å²) in [6.07, 6.45) is 7.11. The highest BCUT2D eigenvalue weighted by atomic mass is 14.0. The molecule has 1 radical (unpaired) electrons. The van der Waals surface area contributed by atoms with Gasteiger partial charge < -0.3 is 0 Å². The van der Waals surface area contributed by atoms with Crippen LogP contribution < -0.4 is 0 Å². The summed E-state index contributed by atoms with van der Waals surface area (Å²) in [4.78, 5) is 0. The summed E-state index contributed by atoms with van der Waals surface area (Å²) in [5.74, 6) is 2.44. The molecule has 61 valence electrons. The van der Waals surface area contributed by atoms with Crippen molar-refractivity contribution in [2.45, 2.75) is 6.92 Å². The predicted molar refractivity (Wildman–Crippen MR) is 54.9 cm³/mol. The van der Waals surface area contributed by atoms with Crippen LogP contribution in [0.2, 0.25) is 0 Å². The molecule has 0 heteroatoms. The van der Waals surface area contributed by atoms with Crippen LogP contribution in [0.25, 0.3) is 10.8 Å². The monoisotopic (exact) mass is 165 g/mol. The summed E-state index contributed by atoms with van der Waals surface area (Å²) in [5.41, 5.74) is 2.01. The van der Waals surface area contributed by atoms with Gasteiger partial charge in [-0.2, -0.15) is 0 Å². The van der Waals surface area contributed by atoms with Crippen LogP contribution in [0.1, 0.15) is 11.1 Å². The minimum Gasteiger partial charge on any atom is -0.0616 e. The van der Waals surface area contributed by atoms with E-state index in [1.165, 1.54) is 10.8 Å². The molecule has 0 saturated heterocycles. The summed E-state index contributed by atoms with van der Waals surface area (Å²) in [7, 11) is 0. The third kappa shape index (κ3) is 1.19. The molecular weight excluding hydrogens is 156 g/mol. The lowest BCUT2D eigenvalue weighted by molar-refractivity contribution is 1.49. The quantitative estimate of drug-likeness (QED) is 0.526. The Morgan fingerprint density at radius 2 is 1.85 bits per heavy atom. The molecule has 0 N–H and O–H groups in total. The fraction of sp³-hybridized carbons (Fsp3) is 0.0769. The van der Waals surface area contributed by atoms with Crippen LogP contribution in [0, 0.1) is 19.3 Å². The number of fused-ring (bicyclic) bond motifs is 1. The normalized spacial score (nSPS) is 9.85. The molecule has 0 amide bonds. The summed E-state index contributed by atoms with van der Waals surface area (Å²) >= 11 is 0. The van der Waals surface area contributed by atoms with Gasteiger partial charge in [-0.3, -0.25) is 0 Å². The molecule has 0 fully saturated rings. The maximum absolute atomic E-state index is 7.11. The van der Waals surface area contributed by atoms with E-state index in [2.05, 4.69) is 18.1 Å². The maximum atomic E-state index is 7.11. The molecule has 0 heterocycles. The molecule has 0 bridgehead atoms. The molecule has 0 nitrogen and oxygen atoms in total. The van der Waals surface area contributed by atoms with E-state index in [0.717, 1.165) is 11.1 Å². The van der Waals surface area contributed by atoms with Crippen LogP contribution in [0.5, 0.6) is 0 Å². The number of rotatable bonds is 0. The lowest BCUT2D eigenvalue weighted by Crippen LogP contribution is -1.83. The van der Waals surface area contributed by atoms with Crippen molar-refractivity contribution in [2.24, 2.45) is 0 Å². The van der Waals surface area contributed by atoms with Gasteiger partial charge in [-0.05, 0) is 35.7 Å². The summed E-state index contributed by atoms with van der Waals surface area (Å²) in [6.45, 7) is 2.03. The van der Waals surface area contributed by atoms with Crippen LogP contribution in [0.4, 0.5) is 0 Å². The standard InChI is InChI=1S/C13H9/c1-3-11-8-9-12-6-4-5-7-13(12)10(11)2/h4-9H,2H3. The molecule has 2 aromatic carbocycles. The molecule has 0 saturated carbocycles. The Balaban J connectivity index is 2.89. The smallest absolute Gasteiger partial charge is 0.0291 e. The fourth-order valence-corrected chi connectivity index (χ4v) is 1.56. The van der Waals surface area contributed by atoms with Crippen molar-refractivity contribution in [3.05, 3.63) is 53.9 Å². The van der Waals surface area contributed by atoms with E-state index in [0.29, 0.717) is 0 Å². The van der Waals surface area contributed by atoms with Crippen molar-refractivity contribution in [1.82, 2.24) is 0 Å². The molecule has 0 aliphatic rings. The van der Waals surface area contributed by atoms with Gasteiger partial charge >= 0.3 is 0 Å². The molecule has 0 atom stereocenters. The van der Waals surface area contributed by atoms with Crippen LogP contribution in [0.3, 0.4) is 0 Å². The lowest BCUT2D eigenvalue weighted by atomic mass is 10.0. The number of aryl methyl sites for hydroxylation is 1. The molecule has 0 aliphatic heterocycles. The fourth-order valence-electron chi connectivity index (χ4n) is 1.56. The van der Waals surface area contributed by atoms with Crippen LogP contribution in [-0.4, -0.2) is 0 Å². The number of benzene rings is 2. The van der Waals surface area contributed by atoms with Crippen molar-refractivity contribution in [1.29, 1.82) is 0 Å². The van der Waals surface area contributed by atoms with Crippen molar-refractivity contribution in [3.63, 3.8) is 0 Å². The van der Waals surface area contributed by atoms with Crippen molar-refractivity contribution < 1.29 is 0 Å². The average Bonchev–Trinajstić information content (AvgIpc) is 2.19. The Hall–Kier alpha value is -1.74. The van der Waals surface area contributed by atoms with Gasteiger partial charge in [0.05, 0.1) is 0 Å². The van der Waals surface area contributed by atoms with E-state index in [1.54, 1.807) is 0 Å². The molecule has 0 spiro atoms. The third-order valence-electron chi connectivity index (χ3n) is 2.33. The van der Waals surface area contributed by atoms with Gasteiger partial charge in [-0.25, -0.2) is 0 Å². The Labute approximate surface area is 78.2 Å². The third-order valence-corrected chi connectivity index (χ3v) is 2.33. The molecule has 0 unspecified atom stereocenters. The van der Waals surface area contributed by atoms with Gasteiger partial charge in [-0.15, -0.1) is 0 Å². The first-order chi connectivity index (χ1) is 6.33. The molecular formula is C13H9. The van der Waals surface area contributed by atoms with E-state index in [4.69, 9.17) is 6.42 Å². The van der Waals surface area contributed by atoms with Crippen molar-refractivity contribution >= 4 is 10.8 Å². The maximum Gasteiger partial charge on any atom is 0.0291 e. The highest BCUT2D eigenvalue weighted by Crippen LogP contribution is 2.20. The first-order valence-electron chi connectivity index (χ1n) is 4.24. The predicted octanol–water partition coefficient (Wildman–Crippen LogP) is 3.09. The minimum absolute atomic E-state index is 0.874. The minimum atomic E-state index is 0.874. The average molecular weight is 165 g/mol. The number of hydrogen-bond acceptors (Lipinski definition) is 0. The van der Waals surface area contributed by atoms with Gasteiger partial charge in [0.1, 0.15) is 0 Å². The van der Waals surface area contributed by atoms with Gasteiger partial charge in [0.2, 0.25) is 0 Å². The van der Waals surface area contributed by atoms with Crippen LogP contribution in [-0.2, 0) is 0 Å². The zero-order valence-corrected chi connectivity index (χ0v) is 7.46. The molecule has 0 aliphatic carbocycles. The molecule has 2 aromatic rings. The molecule has 13 heavy (non-hydrogen) atoms. The summed E-state index contributed by atoms with van der Waals surface area (Å²) in [6, 6.07) is 12.2. The van der Waals surface area contributed by atoms with E-state index in [1.807, 2.05) is 31.2 Å². The first kappa shape index (κ1) is 7.89. The van der Waals surface area contributed by atoms with Crippen molar-refractivity contribution in [2.75, 3.05) is 0 Å².